The summed E-state index contributed by atoms with van der Waals surface area (Å²) >= 11 is 0. The molecule has 2 aromatic carbocycles. The fraction of sp³-hybridized carbons (Fsp3) is 0. The van der Waals surface area contributed by atoms with Crippen molar-refractivity contribution in [3.05, 3.63) is 60.9 Å². The first-order chi connectivity index (χ1) is 10.8. The predicted molar refractivity (Wildman–Crippen MR) is 89.2 cm³/mol. The van der Waals surface area contributed by atoms with Crippen molar-refractivity contribution in [1.82, 2.24) is 9.97 Å². The molecule has 4 aromatic rings. The molecule has 4 N–H and O–H groups in total. The second-order valence-electron chi connectivity index (χ2n) is 5.07. The number of para-hydroxylation sites is 2. The smallest absolute Gasteiger partial charge is 0.323 e. The van der Waals surface area contributed by atoms with E-state index in [0.717, 1.165) is 33.2 Å². The van der Waals surface area contributed by atoms with Crippen LogP contribution in [0, 0.1) is 0 Å². The Bertz CT molecular complexity index is 889. The van der Waals surface area contributed by atoms with Gasteiger partial charge in [0.25, 0.3) is 0 Å². The number of carbonyl (C=O) groups is 1. The minimum atomic E-state index is -0.274. The SMILES string of the molecule is O=C(Nc1cccc2cc[nH]c12)Nc1cccc2cc[nH]c12. The topological polar surface area (TPSA) is 72.7 Å². The maximum atomic E-state index is 12.3. The van der Waals surface area contributed by atoms with Crippen LogP contribution in [0.15, 0.2) is 60.9 Å². The number of nitrogens with one attached hydrogen (secondary N) is 4. The number of carbonyl (C=O) groups excluding carboxylic acids is 1. The van der Waals surface area contributed by atoms with Gasteiger partial charge in [-0.1, -0.05) is 24.3 Å². The molecular formula is C17H14N4O. The standard InChI is InChI=1S/C17H14N4O/c22-17(20-13-5-1-3-11-7-9-18-15(11)13)21-14-6-2-4-12-8-10-19-16(12)14/h1-10,18-19H,(H2,20,21,22). The van der Waals surface area contributed by atoms with Crippen LogP contribution in [-0.4, -0.2) is 16.0 Å². The number of hydrogen-bond acceptors (Lipinski definition) is 1. The van der Waals surface area contributed by atoms with Gasteiger partial charge in [0.1, 0.15) is 0 Å². The minimum Gasteiger partial charge on any atom is -0.359 e. The molecule has 22 heavy (non-hydrogen) atoms. The molecule has 0 spiro atoms. The second kappa shape index (κ2) is 4.96. The van der Waals surface area contributed by atoms with Crippen LogP contribution in [0.1, 0.15) is 0 Å². The van der Waals surface area contributed by atoms with Crippen molar-refractivity contribution >= 4 is 39.2 Å². The zero-order chi connectivity index (χ0) is 14.9. The van der Waals surface area contributed by atoms with Crippen LogP contribution in [0.2, 0.25) is 0 Å². The van der Waals surface area contributed by atoms with E-state index in [-0.39, 0.29) is 6.03 Å². The summed E-state index contributed by atoms with van der Waals surface area (Å²) in [5.41, 5.74) is 3.32. The molecule has 0 saturated heterocycles. The van der Waals surface area contributed by atoms with Gasteiger partial charge in [-0.25, -0.2) is 4.79 Å². The molecule has 108 valence electrons. The van der Waals surface area contributed by atoms with E-state index in [4.69, 9.17) is 0 Å². The number of H-pyrrole nitrogens is 2. The highest BCUT2D eigenvalue weighted by molar-refractivity contribution is 6.08. The molecule has 0 atom stereocenters. The molecule has 5 nitrogen and oxygen atoms in total. The summed E-state index contributed by atoms with van der Waals surface area (Å²) in [6.07, 6.45) is 3.71. The number of benzene rings is 2. The molecule has 2 aromatic heterocycles. The van der Waals surface area contributed by atoms with Gasteiger partial charge in [0.15, 0.2) is 0 Å². The molecular weight excluding hydrogens is 276 g/mol. The Hall–Kier alpha value is -3.21. The summed E-state index contributed by atoms with van der Waals surface area (Å²) in [5, 5.41) is 7.88. The van der Waals surface area contributed by atoms with Crippen molar-refractivity contribution < 1.29 is 4.79 Å². The zero-order valence-electron chi connectivity index (χ0n) is 11.7. The molecule has 0 unspecified atom stereocenters. The van der Waals surface area contributed by atoms with Crippen molar-refractivity contribution in [2.24, 2.45) is 0 Å². The highest BCUT2D eigenvalue weighted by Gasteiger charge is 2.08. The van der Waals surface area contributed by atoms with Gasteiger partial charge < -0.3 is 20.6 Å². The number of aromatic nitrogens is 2. The third-order valence-corrected chi connectivity index (χ3v) is 3.67. The second-order valence-corrected chi connectivity index (χ2v) is 5.07. The number of anilines is 2. The predicted octanol–water partition coefficient (Wildman–Crippen LogP) is 4.29. The van der Waals surface area contributed by atoms with E-state index in [0.29, 0.717) is 0 Å². The van der Waals surface area contributed by atoms with Crippen LogP contribution < -0.4 is 10.6 Å². The van der Waals surface area contributed by atoms with Gasteiger partial charge >= 0.3 is 6.03 Å². The van der Waals surface area contributed by atoms with Gasteiger partial charge in [-0.15, -0.1) is 0 Å². The van der Waals surface area contributed by atoms with E-state index in [1.54, 1.807) is 0 Å². The monoisotopic (exact) mass is 290 g/mol. The van der Waals surface area contributed by atoms with E-state index in [9.17, 15) is 4.79 Å². The van der Waals surface area contributed by atoms with E-state index in [1.165, 1.54) is 0 Å². The van der Waals surface area contributed by atoms with Crippen LogP contribution >= 0.6 is 0 Å². The summed E-state index contributed by atoms with van der Waals surface area (Å²) in [6.45, 7) is 0. The zero-order valence-corrected chi connectivity index (χ0v) is 11.7. The Morgan fingerprint density at radius 2 is 1.23 bits per heavy atom. The van der Waals surface area contributed by atoms with Crippen LogP contribution in [0.25, 0.3) is 21.8 Å². The maximum absolute atomic E-state index is 12.3. The van der Waals surface area contributed by atoms with E-state index < -0.39 is 0 Å². The maximum Gasteiger partial charge on any atom is 0.323 e. The fourth-order valence-corrected chi connectivity index (χ4v) is 2.65. The number of fused-ring (bicyclic) bond motifs is 2. The van der Waals surface area contributed by atoms with Crippen molar-refractivity contribution in [3.63, 3.8) is 0 Å². The van der Waals surface area contributed by atoms with Crippen molar-refractivity contribution in [2.75, 3.05) is 10.6 Å². The lowest BCUT2D eigenvalue weighted by molar-refractivity contribution is 0.262. The van der Waals surface area contributed by atoms with Crippen molar-refractivity contribution in [1.29, 1.82) is 0 Å². The first-order valence-corrected chi connectivity index (χ1v) is 7.01. The lowest BCUT2D eigenvalue weighted by Crippen LogP contribution is -2.19. The fourth-order valence-electron chi connectivity index (χ4n) is 2.65. The van der Waals surface area contributed by atoms with E-state index in [2.05, 4.69) is 20.6 Å². The quantitative estimate of drug-likeness (QED) is 0.437. The number of aromatic amines is 2. The Morgan fingerprint density at radius 3 is 1.73 bits per heavy atom. The van der Waals surface area contributed by atoms with Gasteiger partial charge in [0.2, 0.25) is 0 Å². The number of hydrogen-bond donors (Lipinski definition) is 4. The van der Waals surface area contributed by atoms with E-state index in [1.807, 2.05) is 60.9 Å². The van der Waals surface area contributed by atoms with Gasteiger partial charge in [-0.05, 0) is 24.3 Å². The van der Waals surface area contributed by atoms with Gasteiger partial charge in [0.05, 0.1) is 22.4 Å². The average molecular weight is 290 g/mol. The van der Waals surface area contributed by atoms with E-state index >= 15 is 0 Å². The Balaban J connectivity index is 1.60. The molecule has 2 heterocycles. The molecule has 0 aliphatic rings. The molecule has 2 amide bonds. The molecule has 0 bridgehead atoms. The Labute approximate surface area is 126 Å². The molecule has 4 rings (SSSR count). The first-order valence-electron chi connectivity index (χ1n) is 7.01. The third-order valence-electron chi connectivity index (χ3n) is 3.67. The Morgan fingerprint density at radius 1 is 0.727 bits per heavy atom. The Kier molecular flexibility index (Phi) is 2.83. The minimum absolute atomic E-state index is 0.274. The van der Waals surface area contributed by atoms with Crippen molar-refractivity contribution in [3.8, 4) is 0 Å². The number of rotatable bonds is 2. The lowest BCUT2D eigenvalue weighted by atomic mass is 10.2. The lowest BCUT2D eigenvalue weighted by Gasteiger charge is -2.09. The van der Waals surface area contributed by atoms with Gasteiger partial charge in [-0.3, -0.25) is 0 Å². The summed E-state index contributed by atoms with van der Waals surface area (Å²) in [6, 6.07) is 15.2. The van der Waals surface area contributed by atoms with Crippen LogP contribution in [0.4, 0.5) is 16.2 Å². The van der Waals surface area contributed by atoms with Gasteiger partial charge in [-0.2, -0.15) is 0 Å². The van der Waals surface area contributed by atoms with Crippen molar-refractivity contribution in [2.45, 2.75) is 0 Å². The molecule has 0 aliphatic heterocycles. The summed E-state index contributed by atoms with van der Waals surface area (Å²) < 4.78 is 0. The summed E-state index contributed by atoms with van der Waals surface area (Å²) in [7, 11) is 0. The van der Waals surface area contributed by atoms with Crippen LogP contribution in [-0.2, 0) is 0 Å². The van der Waals surface area contributed by atoms with Gasteiger partial charge in [0, 0.05) is 23.2 Å². The molecule has 0 aliphatic carbocycles. The number of urea groups is 1. The highest BCUT2D eigenvalue weighted by Crippen LogP contribution is 2.24. The largest absolute Gasteiger partial charge is 0.359 e. The average Bonchev–Trinajstić information content (AvgIpc) is 3.16. The molecule has 5 heteroatoms. The molecule has 0 saturated carbocycles. The van der Waals surface area contributed by atoms with Crippen LogP contribution in [0.5, 0.6) is 0 Å². The first kappa shape index (κ1) is 12.5. The molecule has 0 fully saturated rings. The summed E-state index contributed by atoms with van der Waals surface area (Å²) in [4.78, 5) is 18.5. The number of amides is 2. The van der Waals surface area contributed by atoms with Crippen LogP contribution in [0.3, 0.4) is 0 Å². The third kappa shape index (κ3) is 2.09. The summed E-state index contributed by atoms with van der Waals surface area (Å²) in [5.74, 6) is 0. The molecule has 0 radical (unpaired) electrons. The normalized spacial score (nSPS) is 10.9. The highest BCUT2D eigenvalue weighted by atomic mass is 16.2.